The van der Waals surface area contributed by atoms with Crippen molar-refractivity contribution in [1.29, 1.82) is 5.26 Å². The van der Waals surface area contributed by atoms with E-state index in [1.54, 1.807) is 17.1 Å². The van der Waals surface area contributed by atoms with Crippen molar-refractivity contribution in [2.45, 2.75) is 6.42 Å². The molecular weight excluding hydrogens is 250 g/mol. The minimum atomic E-state index is 0.457. The number of nitriles is 1. The Kier molecular flexibility index (Phi) is 3.80. The highest BCUT2D eigenvalue weighted by atomic mass is 35.5. The minimum absolute atomic E-state index is 0.457. The summed E-state index contributed by atoms with van der Waals surface area (Å²) in [7, 11) is 1.83. The van der Waals surface area contributed by atoms with Gasteiger partial charge in [-0.05, 0) is 12.1 Å². The monoisotopic (exact) mass is 261 g/mol. The van der Waals surface area contributed by atoms with Crippen LogP contribution in [0.2, 0.25) is 5.02 Å². The van der Waals surface area contributed by atoms with Crippen molar-refractivity contribution in [3.8, 4) is 6.07 Å². The van der Waals surface area contributed by atoms with Gasteiger partial charge in [-0.25, -0.2) is 4.98 Å². The molecule has 0 aliphatic carbocycles. The van der Waals surface area contributed by atoms with Gasteiger partial charge in [0.1, 0.15) is 12.4 Å². The normalized spacial score (nSPS) is 10.1. The Balaban J connectivity index is 1.99. The molecule has 0 radical (unpaired) electrons. The van der Waals surface area contributed by atoms with Crippen molar-refractivity contribution < 1.29 is 0 Å². The summed E-state index contributed by atoms with van der Waals surface area (Å²) in [5.41, 5.74) is 1.20. The van der Waals surface area contributed by atoms with E-state index >= 15 is 0 Å². The number of hydrogen-bond acceptors (Lipinski definition) is 4. The number of rotatable bonds is 4. The zero-order chi connectivity index (χ0) is 13.0. The maximum Gasteiger partial charge on any atom is 0.152 e. The molecule has 1 heterocycles. The molecule has 18 heavy (non-hydrogen) atoms. The highest BCUT2D eigenvalue weighted by Gasteiger charge is 2.06. The summed E-state index contributed by atoms with van der Waals surface area (Å²) in [5.74, 6) is 0.769. The second-order valence-electron chi connectivity index (χ2n) is 3.79. The highest BCUT2D eigenvalue weighted by molar-refractivity contribution is 6.32. The quantitative estimate of drug-likeness (QED) is 0.914. The first-order valence-electron chi connectivity index (χ1n) is 5.47. The second-order valence-corrected chi connectivity index (χ2v) is 4.19. The number of aromatic nitrogens is 3. The average Bonchev–Trinajstić information content (AvgIpc) is 2.75. The van der Waals surface area contributed by atoms with Crippen molar-refractivity contribution in [2.75, 3.05) is 11.9 Å². The van der Waals surface area contributed by atoms with E-state index in [1.165, 1.54) is 0 Å². The van der Waals surface area contributed by atoms with Gasteiger partial charge in [-0.2, -0.15) is 10.4 Å². The number of hydrogen-bond donors (Lipinski definition) is 1. The first-order chi connectivity index (χ1) is 8.70. The van der Waals surface area contributed by atoms with Crippen LogP contribution < -0.4 is 5.32 Å². The summed E-state index contributed by atoms with van der Waals surface area (Å²) < 4.78 is 1.66. The summed E-state index contributed by atoms with van der Waals surface area (Å²) in [6.45, 7) is 0.652. The van der Waals surface area contributed by atoms with Crippen LogP contribution >= 0.6 is 11.6 Å². The predicted octanol–water partition coefficient (Wildman–Crippen LogP) is 1.99. The van der Waals surface area contributed by atoms with Gasteiger partial charge in [0.05, 0.1) is 16.3 Å². The Morgan fingerprint density at radius 2 is 2.33 bits per heavy atom. The second kappa shape index (κ2) is 5.52. The molecule has 92 valence electrons. The topological polar surface area (TPSA) is 66.5 Å². The highest BCUT2D eigenvalue weighted by Crippen LogP contribution is 2.22. The molecule has 0 amide bonds. The number of aryl methyl sites for hydroxylation is 1. The minimum Gasteiger partial charge on any atom is -0.383 e. The molecule has 2 rings (SSSR count). The van der Waals surface area contributed by atoms with Gasteiger partial charge in [0.2, 0.25) is 0 Å². The average molecular weight is 262 g/mol. The van der Waals surface area contributed by atoms with Crippen molar-refractivity contribution in [3.63, 3.8) is 0 Å². The molecule has 0 spiro atoms. The van der Waals surface area contributed by atoms with E-state index in [2.05, 4.69) is 21.5 Å². The van der Waals surface area contributed by atoms with E-state index < -0.39 is 0 Å². The van der Waals surface area contributed by atoms with Crippen LogP contribution in [0, 0.1) is 11.3 Å². The predicted molar refractivity (Wildman–Crippen MR) is 69.4 cm³/mol. The smallest absolute Gasteiger partial charge is 0.152 e. The molecule has 0 aliphatic heterocycles. The molecule has 1 N–H and O–H groups in total. The lowest BCUT2D eigenvalue weighted by Gasteiger charge is -2.07. The molecule has 6 heteroatoms. The molecule has 0 saturated heterocycles. The van der Waals surface area contributed by atoms with Crippen LogP contribution in [-0.4, -0.2) is 21.3 Å². The molecule has 5 nitrogen and oxygen atoms in total. The molecule has 0 fully saturated rings. The van der Waals surface area contributed by atoms with Gasteiger partial charge in [0.25, 0.3) is 0 Å². The molecule has 1 aromatic carbocycles. The van der Waals surface area contributed by atoms with Gasteiger partial charge in [-0.15, -0.1) is 0 Å². The standard InChI is InChI=1S/C12H12ClN5/c1-18-8-16-12(17-18)5-6-15-11-4-2-3-10(13)9(11)7-14/h2-4,8,15H,5-6H2,1H3. The van der Waals surface area contributed by atoms with E-state index in [4.69, 9.17) is 16.9 Å². The number of nitrogens with one attached hydrogen (secondary N) is 1. The summed E-state index contributed by atoms with van der Waals surface area (Å²) in [5, 5.41) is 16.8. The molecule has 0 saturated carbocycles. The van der Waals surface area contributed by atoms with E-state index in [0.29, 0.717) is 23.6 Å². The first kappa shape index (κ1) is 12.4. The summed E-state index contributed by atoms with van der Waals surface area (Å²) in [6.07, 6.45) is 2.35. The third kappa shape index (κ3) is 2.79. The van der Waals surface area contributed by atoms with Crippen LogP contribution in [0.1, 0.15) is 11.4 Å². The Morgan fingerprint density at radius 1 is 1.50 bits per heavy atom. The first-order valence-corrected chi connectivity index (χ1v) is 5.85. The fourth-order valence-electron chi connectivity index (χ4n) is 1.59. The van der Waals surface area contributed by atoms with Crippen molar-refractivity contribution in [1.82, 2.24) is 14.8 Å². The van der Waals surface area contributed by atoms with Crippen LogP contribution in [0.4, 0.5) is 5.69 Å². The van der Waals surface area contributed by atoms with Crippen molar-refractivity contribution >= 4 is 17.3 Å². The lowest BCUT2D eigenvalue weighted by Crippen LogP contribution is -2.07. The summed E-state index contributed by atoms with van der Waals surface area (Å²) in [6, 6.07) is 7.43. The van der Waals surface area contributed by atoms with Gasteiger partial charge in [-0.1, -0.05) is 17.7 Å². The number of nitrogens with zero attached hydrogens (tertiary/aromatic N) is 4. The van der Waals surface area contributed by atoms with Crippen LogP contribution in [0.5, 0.6) is 0 Å². The van der Waals surface area contributed by atoms with Gasteiger partial charge >= 0.3 is 0 Å². The fourth-order valence-corrected chi connectivity index (χ4v) is 1.81. The van der Waals surface area contributed by atoms with Crippen LogP contribution in [0.25, 0.3) is 0 Å². The molecular formula is C12H12ClN5. The van der Waals surface area contributed by atoms with E-state index in [1.807, 2.05) is 19.2 Å². The maximum absolute atomic E-state index is 9.02. The van der Waals surface area contributed by atoms with Gasteiger partial charge < -0.3 is 5.32 Å². The summed E-state index contributed by atoms with van der Waals surface area (Å²) >= 11 is 5.94. The zero-order valence-electron chi connectivity index (χ0n) is 9.89. The largest absolute Gasteiger partial charge is 0.383 e. The van der Waals surface area contributed by atoms with Crippen LogP contribution in [0.15, 0.2) is 24.5 Å². The lowest BCUT2D eigenvalue weighted by molar-refractivity contribution is 0.742. The molecule has 2 aromatic rings. The van der Waals surface area contributed by atoms with Gasteiger partial charge in [0.15, 0.2) is 5.82 Å². The van der Waals surface area contributed by atoms with Crippen molar-refractivity contribution in [2.24, 2.45) is 7.05 Å². The van der Waals surface area contributed by atoms with Crippen LogP contribution in [-0.2, 0) is 13.5 Å². The molecule has 0 aliphatic rings. The SMILES string of the molecule is Cn1cnc(CCNc2cccc(Cl)c2C#N)n1. The van der Waals surface area contributed by atoms with Crippen LogP contribution in [0.3, 0.4) is 0 Å². The molecule has 0 bridgehead atoms. The molecule has 0 unspecified atom stereocenters. The maximum atomic E-state index is 9.02. The number of benzene rings is 1. The van der Waals surface area contributed by atoms with Crippen molar-refractivity contribution in [3.05, 3.63) is 40.9 Å². The van der Waals surface area contributed by atoms with Gasteiger partial charge in [-0.3, -0.25) is 4.68 Å². The Hall–Kier alpha value is -2.06. The Labute approximate surface area is 110 Å². The number of halogens is 1. The molecule has 0 atom stereocenters. The van der Waals surface area contributed by atoms with E-state index in [0.717, 1.165) is 11.5 Å². The van der Waals surface area contributed by atoms with E-state index in [-0.39, 0.29) is 0 Å². The summed E-state index contributed by atoms with van der Waals surface area (Å²) in [4.78, 5) is 4.13. The lowest BCUT2D eigenvalue weighted by atomic mass is 10.2. The van der Waals surface area contributed by atoms with E-state index in [9.17, 15) is 0 Å². The third-order valence-corrected chi connectivity index (χ3v) is 2.75. The fraction of sp³-hybridized carbons (Fsp3) is 0.250. The Bertz CT molecular complexity index is 584. The zero-order valence-corrected chi connectivity index (χ0v) is 10.6. The third-order valence-electron chi connectivity index (χ3n) is 2.44. The number of anilines is 1. The van der Waals surface area contributed by atoms with Gasteiger partial charge in [0, 0.05) is 20.0 Å². The Morgan fingerprint density at radius 3 is 3.00 bits per heavy atom. The molecule has 1 aromatic heterocycles.